The summed E-state index contributed by atoms with van der Waals surface area (Å²) in [6.07, 6.45) is 1.82. The van der Waals surface area contributed by atoms with Crippen LogP contribution >= 0.6 is 0 Å². The van der Waals surface area contributed by atoms with E-state index in [0.717, 1.165) is 5.69 Å². The van der Waals surface area contributed by atoms with Gasteiger partial charge in [-0.2, -0.15) is 0 Å². The predicted molar refractivity (Wildman–Crippen MR) is 54.0 cm³/mol. The molecule has 0 bridgehead atoms. The summed E-state index contributed by atoms with van der Waals surface area (Å²) in [7, 11) is 3.65. The maximum Gasteiger partial charge on any atom is 0.320 e. The first-order chi connectivity index (χ1) is 7.11. The molecule has 0 aliphatic carbocycles. The van der Waals surface area contributed by atoms with Gasteiger partial charge >= 0.3 is 5.97 Å². The van der Waals surface area contributed by atoms with Crippen LogP contribution in [0.25, 0.3) is 0 Å². The van der Waals surface area contributed by atoms with Gasteiger partial charge in [0.2, 0.25) is 0 Å². The van der Waals surface area contributed by atoms with E-state index in [1.807, 2.05) is 25.2 Å². The number of hydrogen-bond acceptors (Lipinski definition) is 5. The van der Waals surface area contributed by atoms with Gasteiger partial charge in [-0.3, -0.25) is 14.4 Å². The molecular weight excluding hydrogens is 196 g/mol. The van der Waals surface area contributed by atoms with Crippen LogP contribution in [0, 0.1) is 0 Å². The number of rotatable bonds is 5. The zero-order valence-electron chi connectivity index (χ0n) is 9.30. The van der Waals surface area contributed by atoms with E-state index < -0.39 is 0 Å². The topological polar surface area (TPSA) is 60.2 Å². The molecule has 15 heavy (non-hydrogen) atoms. The highest BCUT2D eigenvalue weighted by Gasteiger charge is 2.09. The number of aryl methyl sites for hydroxylation is 1. The molecule has 6 heteroatoms. The van der Waals surface area contributed by atoms with Crippen molar-refractivity contribution in [3.05, 3.63) is 11.9 Å². The van der Waals surface area contributed by atoms with Crippen LogP contribution in [0.2, 0.25) is 0 Å². The van der Waals surface area contributed by atoms with Crippen molar-refractivity contribution in [2.24, 2.45) is 7.05 Å². The third kappa shape index (κ3) is 4.07. The van der Waals surface area contributed by atoms with E-state index in [1.165, 1.54) is 0 Å². The third-order valence-electron chi connectivity index (χ3n) is 1.79. The molecule has 84 valence electrons. The van der Waals surface area contributed by atoms with Gasteiger partial charge in [0.05, 0.1) is 18.8 Å². The summed E-state index contributed by atoms with van der Waals surface area (Å²) in [5.74, 6) is -0.219. The van der Waals surface area contributed by atoms with Gasteiger partial charge < -0.3 is 4.74 Å². The van der Waals surface area contributed by atoms with Crippen LogP contribution < -0.4 is 0 Å². The van der Waals surface area contributed by atoms with E-state index >= 15 is 0 Å². The highest BCUT2D eigenvalue weighted by atomic mass is 16.5. The fraction of sp³-hybridized carbons (Fsp3) is 0.667. The zero-order valence-corrected chi connectivity index (χ0v) is 9.30. The molecule has 0 aliphatic heterocycles. The normalized spacial score (nSPS) is 10.7. The number of aromatic nitrogens is 3. The standard InChI is InChI=1S/C9H16N4O2/c1-4-15-9(14)7-12(2)5-8-6-13(3)11-10-8/h6H,4-5,7H2,1-3H3. The number of carbonyl (C=O) groups is 1. The van der Waals surface area contributed by atoms with Crippen LogP contribution in [0.4, 0.5) is 0 Å². The number of nitrogens with zero attached hydrogens (tertiary/aromatic N) is 4. The second-order valence-electron chi connectivity index (χ2n) is 3.36. The molecule has 0 fully saturated rings. The highest BCUT2D eigenvalue weighted by Crippen LogP contribution is 1.97. The summed E-state index contributed by atoms with van der Waals surface area (Å²) in [5.41, 5.74) is 0.837. The molecule has 0 saturated carbocycles. The highest BCUT2D eigenvalue weighted by molar-refractivity contribution is 5.71. The maximum absolute atomic E-state index is 11.1. The minimum Gasteiger partial charge on any atom is -0.465 e. The maximum atomic E-state index is 11.1. The zero-order chi connectivity index (χ0) is 11.3. The summed E-state index contributed by atoms with van der Waals surface area (Å²) in [5, 5.41) is 7.74. The largest absolute Gasteiger partial charge is 0.465 e. The number of esters is 1. The van der Waals surface area contributed by atoms with E-state index in [9.17, 15) is 4.79 Å². The average molecular weight is 212 g/mol. The Labute approximate surface area is 88.8 Å². The van der Waals surface area contributed by atoms with E-state index in [1.54, 1.807) is 11.6 Å². The quantitative estimate of drug-likeness (QED) is 0.633. The minimum atomic E-state index is -0.219. The first kappa shape index (κ1) is 11.6. The van der Waals surface area contributed by atoms with Gasteiger partial charge in [0, 0.05) is 19.8 Å². The molecule has 0 saturated heterocycles. The molecule has 0 unspecified atom stereocenters. The predicted octanol–water partition coefficient (Wildman–Crippen LogP) is -0.190. The molecule has 0 N–H and O–H groups in total. The summed E-state index contributed by atoms with van der Waals surface area (Å²) in [4.78, 5) is 13.0. The molecule has 1 rings (SSSR count). The molecule has 0 amide bonds. The van der Waals surface area contributed by atoms with Crippen molar-refractivity contribution in [3.63, 3.8) is 0 Å². The SMILES string of the molecule is CCOC(=O)CN(C)Cc1cn(C)nn1. The van der Waals surface area contributed by atoms with Crippen molar-refractivity contribution in [3.8, 4) is 0 Å². The third-order valence-corrected chi connectivity index (χ3v) is 1.79. The van der Waals surface area contributed by atoms with Crippen molar-refractivity contribution >= 4 is 5.97 Å². The van der Waals surface area contributed by atoms with Crippen molar-refractivity contribution in [1.29, 1.82) is 0 Å². The molecule has 0 atom stereocenters. The lowest BCUT2D eigenvalue weighted by atomic mass is 10.4. The van der Waals surface area contributed by atoms with E-state index in [2.05, 4.69) is 10.3 Å². The van der Waals surface area contributed by atoms with Crippen molar-refractivity contribution < 1.29 is 9.53 Å². The van der Waals surface area contributed by atoms with Crippen LogP contribution in [-0.2, 0) is 23.1 Å². The number of ether oxygens (including phenoxy) is 1. The van der Waals surface area contributed by atoms with Gasteiger partial charge in [-0.25, -0.2) is 0 Å². The Kier molecular flexibility index (Phi) is 4.23. The summed E-state index contributed by atoms with van der Waals surface area (Å²) >= 11 is 0. The lowest BCUT2D eigenvalue weighted by Crippen LogP contribution is -2.27. The van der Waals surface area contributed by atoms with Crippen LogP contribution in [-0.4, -0.2) is 46.1 Å². The van der Waals surface area contributed by atoms with E-state index in [4.69, 9.17) is 4.74 Å². The lowest BCUT2D eigenvalue weighted by molar-refractivity contribution is -0.144. The molecule has 6 nitrogen and oxygen atoms in total. The number of likely N-dealkylation sites (N-methyl/N-ethyl adjacent to an activating group) is 1. The van der Waals surface area contributed by atoms with Gasteiger partial charge in [0.25, 0.3) is 0 Å². The summed E-state index contributed by atoms with van der Waals surface area (Å²) in [6, 6.07) is 0. The Balaban J connectivity index is 2.35. The average Bonchev–Trinajstić information content (AvgIpc) is 2.51. The van der Waals surface area contributed by atoms with Crippen molar-refractivity contribution in [2.45, 2.75) is 13.5 Å². The lowest BCUT2D eigenvalue weighted by Gasteiger charge is -2.13. The van der Waals surface area contributed by atoms with Crippen molar-refractivity contribution in [2.75, 3.05) is 20.2 Å². The molecular formula is C9H16N4O2. The van der Waals surface area contributed by atoms with E-state index in [-0.39, 0.29) is 12.5 Å². The van der Waals surface area contributed by atoms with Gasteiger partial charge in [-0.15, -0.1) is 5.10 Å². The Bertz CT molecular complexity index is 324. The molecule has 1 aromatic heterocycles. The van der Waals surface area contributed by atoms with Crippen LogP contribution in [0.5, 0.6) is 0 Å². The fourth-order valence-corrected chi connectivity index (χ4v) is 1.23. The van der Waals surface area contributed by atoms with Crippen LogP contribution in [0.3, 0.4) is 0 Å². The van der Waals surface area contributed by atoms with Crippen LogP contribution in [0.15, 0.2) is 6.20 Å². The first-order valence-electron chi connectivity index (χ1n) is 4.81. The van der Waals surface area contributed by atoms with Gasteiger partial charge in [-0.1, -0.05) is 5.21 Å². The van der Waals surface area contributed by atoms with E-state index in [0.29, 0.717) is 13.2 Å². The Morgan fingerprint density at radius 2 is 2.40 bits per heavy atom. The molecule has 1 aromatic rings. The summed E-state index contributed by atoms with van der Waals surface area (Å²) < 4.78 is 6.47. The van der Waals surface area contributed by atoms with Gasteiger partial charge in [-0.05, 0) is 14.0 Å². The minimum absolute atomic E-state index is 0.219. The van der Waals surface area contributed by atoms with Gasteiger partial charge in [0.15, 0.2) is 0 Å². The monoisotopic (exact) mass is 212 g/mol. The molecule has 0 spiro atoms. The van der Waals surface area contributed by atoms with Crippen LogP contribution in [0.1, 0.15) is 12.6 Å². The first-order valence-corrected chi connectivity index (χ1v) is 4.81. The molecule has 0 aromatic carbocycles. The van der Waals surface area contributed by atoms with Gasteiger partial charge in [0.1, 0.15) is 0 Å². The second kappa shape index (κ2) is 5.45. The fourth-order valence-electron chi connectivity index (χ4n) is 1.23. The smallest absolute Gasteiger partial charge is 0.320 e. The molecule has 0 radical (unpaired) electrons. The molecule has 1 heterocycles. The Morgan fingerprint density at radius 1 is 1.67 bits per heavy atom. The summed E-state index contributed by atoms with van der Waals surface area (Å²) in [6.45, 7) is 3.06. The number of hydrogen-bond donors (Lipinski definition) is 0. The Hall–Kier alpha value is -1.43. The molecule has 0 aliphatic rings. The van der Waals surface area contributed by atoms with Crippen molar-refractivity contribution in [1.82, 2.24) is 19.9 Å². The number of carbonyl (C=O) groups excluding carboxylic acids is 1. The second-order valence-corrected chi connectivity index (χ2v) is 3.36. The Morgan fingerprint density at radius 3 is 2.93 bits per heavy atom.